The van der Waals surface area contributed by atoms with Crippen molar-refractivity contribution in [3.63, 3.8) is 0 Å². The van der Waals surface area contributed by atoms with Crippen LogP contribution in [0.3, 0.4) is 0 Å². The number of nitrogens with one attached hydrogen (secondary N) is 1. The third kappa shape index (κ3) is 4.69. The number of aliphatic hydroxyl groups excluding tert-OH is 1. The first-order valence-electron chi connectivity index (χ1n) is 5.40. The van der Waals surface area contributed by atoms with E-state index in [0.29, 0.717) is 0 Å². The number of hydrogen-bond donors (Lipinski definition) is 2. The van der Waals surface area contributed by atoms with Crippen LogP contribution in [0.15, 0.2) is 29.2 Å². The molecular weight excluding hydrogens is 206 g/mol. The van der Waals surface area contributed by atoms with Gasteiger partial charge in [-0.15, -0.1) is 11.8 Å². The first kappa shape index (κ1) is 12.6. The Bertz CT molecular complexity index is 278. The summed E-state index contributed by atoms with van der Waals surface area (Å²) >= 11 is 1.82. The summed E-state index contributed by atoms with van der Waals surface area (Å²) in [4.78, 5) is 1.33. The Morgan fingerprint density at radius 2 is 2.13 bits per heavy atom. The summed E-state index contributed by atoms with van der Waals surface area (Å²) in [5, 5.41) is 12.1. The van der Waals surface area contributed by atoms with E-state index in [1.54, 1.807) is 0 Å². The number of benzene rings is 1. The second kappa shape index (κ2) is 7.74. The highest BCUT2D eigenvalue weighted by Crippen LogP contribution is 2.22. The van der Waals surface area contributed by atoms with Crippen LogP contribution in [0, 0.1) is 0 Å². The Morgan fingerprint density at radius 1 is 1.33 bits per heavy atom. The highest BCUT2D eigenvalue weighted by atomic mass is 32.2. The smallest absolute Gasteiger partial charge is 0.0439 e. The van der Waals surface area contributed by atoms with E-state index in [2.05, 4.69) is 36.5 Å². The second-order valence-corrected chi connectivity index (χ2v) is 4.45. The van der Waals surface area contributed by atoms with Crippen molar-refractivity contribution in [1.82, 2.24) is 5.32 Å². The summed E-state index contributed by atoms with van der Waals surface area (Å²) in [6, 6.07) is 8.44. The minimum atomic E-state index is 0.280. The molecule has 0 aliphatic rings. The fourth-order valence-corrected chi connectivity index (χ4v) is 2.29. The molecule has 0 amide bonds. The van der Waals surface area contributed by atoms with E-state index >= 15 is 0 Å². The van der Waals surface area contributed by atoms with Crippen LogP contribution in [0.4, 0.5) is 0 Å². The lowest BCUT2D eigenvalue weighted by Gasteiger charge is -2.08. The maximum Gasteiger partial charge on any atom is 0.0439 e. The Kier molecular flexibility index (Phi) is 6.48. The summed E-state index contributed by atoms with van der Waals surface area (Å²) in [5.74, 6) is 0.986. The van der Waals surface area contributed by atoms with Gasteiger partial charge in [-0.2, -0.15) is 0 Å². The van der Waals surface area contributed by atoms with Gasteiger partial charge >= 0.3 is 0 Å². The molecule has 0 fully saturated rings. The van der Waals surface area contributed by atoms with E-state index in [1.165, 1.54) is 10.5 Å². The maximum atomic E-state index is 8.73. The van der Waals surface area contributed by atoms with Gasteiger partial charge in [-0.3, -0.25) is 0 Å². The minimum absolute atomic E-state index is 0.280. The van der Waals surface area contributed by atoms with Gasteiger partial charge in [-0.25, -0.2) is 0 Å². The number of aliphatic hydroxyl groups is 1. The molecule has 3 heteroatoms. The maximum absolute atomic E-state index is 8.73. The van der Waals surface area contributed by atoms with Gasteiger partial charge in [0, 0.05) is 23.8 Å². The summed E-state index contributed by atoms with van der Waals surface area (Å²) in [7, 11) is 0. The lowest BCUT2D eigenvalue weighted by molar-refractivity contribution is 0.296. The SMILES string of the molecule is CCNCc1ccccc1SCCCO. The molecule has 0 aliphatic carbocycles. The first-order valence-corrected chi connectivity index (χ1v) is 6.39. The molecule has 2 nitrogen and oxygen atoms in total. The second-order valence-electron chi connectivity index (χ2n) is 3.31. The molecule has 0 bridgehead atoms. The fraction of sp³-hybridized carbons (Fsp3) is 0.500. The van der Waals surface area contributed by atoms with Crippen LogP contribution in [0.5, 0.6) is 0 Å². The molecule has 0 radical (unpaired) electrons. The highest BCUT2D eigenvalue weighted by Gasteiger charge is 2.00. The van der Waals surface area contributed by atoms with Gasteiger partial charge in [-0.1, -0.05) is 25.1 Å². The lowest BCUT2D eigenvalue weighted by Crippen LogP contribution is -2.12. The zero-order chi connectivity index (χ0) is 10.9. The van der Waals surface area contributed by atoms with E-state index in [-0.39, 0.29) is 6.61 Å². The van der Waals surface area contributed by atoms with Crippen LogP contribution in [-0.4, -0.2) is 24.0 Å². The van der Waals surface area contributed by atoms with Gasteiger partial charge in [0.1, 0.15) is 0 Å². The molecule has 1 aromatic carbocycles. The molecule has 84 valence electrons. The first-order chi connectivity index (χ1) is 7.38. The van der Waals surface area contributed by atoms with Crippen molar-refractivity contribution in [2.45, 2.75) is 24.8 Å². The number of thioether (sulfide) groups is 1. The van der Waals surface area contributed by atoms with Crippen molar-refractivity contribution < 1.29 is 5.11 Å². The topological polar surface area (TPSA) is 32.3 Å². The Morgan fingerprint density at radius 3 is 2.87 bits per heavy atom. The van der Waals surface area contributed by atoms with Crippen molar-refractivity contribution >= 4 is 11.8 Å². The molecular formula is C12H19NOS. The Hall–Kier alpha value is -0.510. The van der Waals surface area contributed by atoms with Crippen molar-refractivity contribution in [2.24, 2.45) is 0 Å². The van der Waals surface area contributed by atoms with Crippen LogP contribution in [0.2, 0.25) is 0 Å². The van der Waals surface area contributed by atoms with Crippen LogP contribution < -0.4 is 5.32 Å². The van der Waals surface area contributed by atoms with Crippen molar-refractivity contribution in [3.05, 3.63) is 29.8 Å². The third-order valence-electron chi connectivity index (χ3n) is 2.10. The van der Waals surface area contributed by atoms with Gasteiger partial charge < -0.3 is 10.4 Å². The molecule has 0 spiro atoms. The van der Waals surface area contributed by atoms with Crippen LogP contribution >= 0.6 is 11.8 Å². The summed E-state index contributed by atoms with van der Waals surface area (Å²) in [6.45, 7) is 4.32. The predicted molar refractivity (Wildman–Crippen MR) is 66.2 cm³/mol. The average molecular weight is 225 g/mol. The standard InChI is InChI=1S/C12H19NOS/c1-2-13-10-11-6-3-4-7-12(11)15-9-5-8-14/h3-4,6-7,13-14H,2,5,8-10H2,1H3. The number of rotatable bonds is 7. The van der Waals surface area contributed by atoms with E-state index in [0.717, 1.165) is 25.3 Å². The van der Waals surface area contributed by atoms with E-state index in [9.17, 15) is 0 Å². The Labute approximate surface area is 96.1 Å². The molecule has 2 N–H and O–H groups in total. The van der Waals surface area contributed by atoms with Gasteiger partial charge in [0.15, 0.2) is 0 Å². The predicted octanol–water partition coefficient (Wildman–Crippen LogP) is 2.27. The molecule has 0 atom stereocenters. The van der Waals surface area contributed by atoms with E-state index in [1.807, 2.05) is 11.8 Å². The number of hydrogen-bond acceptors (Lipinski definition) is 3. The van der Waals surface area contributed by atoms with Crippen molar-refractivity contribution in [2.75, 3.05) is 18.9 Å². The molecule has 0 saturated carbocycles. The molecule has 0 saturated heterocycles. The zero-order valence-electron chi connectivity index (χ0n) is 9.20. The zero-order valence-corrected chi connectivity index (χ0v) is 10.0. The molecule has 0 aliphatic heterocycles. The van der Waals surface area contributed by atoms with Gasteiger partial charge in [0.25, 0.3) is 0 Å². The minimum Gasteiger partial charge on any atom is -0.396 e. The van der Waals surface area contributed by atoms with Crippen LogP contribution in [0.25, 0.3) is 0 Å². The van der Waals surface area contributed by atoms with Gasteiger partial charge in [0.2, 0.25) is 0 Å². The van der Waals surface area contributed by atoms with Crippen LogP contribution in [0.1, 0.15) is 18.9 Å². The molecule has 15 heavy (non-hydrogen) atoms. The lowest BCUT2D eigenvalue weighted by atomic mass is 10.2. The largest absolute Gasteiger partial charge is 0.396 e. The fourth-order valence-electron chi connectivity index (χ4n) is 1.30. The van der Waals surface area contributed by atoms with Gasteiger partial charge in [0.05, 0.1) is 0 Å². The summed E-state index contributed by atoms with van der Waals surface area (Å²) in [5.41, 5.74) is 1.35. The third-order valence-corrected chi connectivity index (χ3v) is 3.30. The van der Waals surface area contributed by atoms with Crippen molar-refractivity contribution in [3.8, 4) is 0 Å². The monoisotopic (exact) mass is 225 g/mol. The molecule has 0 unspecified atom stereocenters. The molecule has 0 aromatic heterocycles. The highest BCUT2D eigenvalue weighted by molar-refractivity contribution is 7.99. The van der Waals surface area contributed by atoms with Crippen LogP contribution in [-0.2, 0) is 6.54 Å². The van der Waals surface area contributed by atoms with Crippen molar-refractivity contribution in [1.29, 1.82) is 0 Å². The quantitative estimate of drug-likeness (QED) is 0.551. The average Bonchev–Trinajstić information content (AvgIpc) is 2.28. The van der Waals surface area contributed by atoms with E-state index in [4.69, 9.17) is 5.11 Å². The molecule has 0 heterocycles. The molecule has 1 rings (SSSR count). The Balaban J connectivity index is 2.52. The van der Waals surface area contributed by atoms with E-state index < -0.39 is 0 Å². The van der Waals surface area contributed by atoms with Gasteiger partial charge in [-0.05, 0) is 24.6 Å². The summed E-state index contributed by atoms with van der Waals surface area (Å²) in [6.07, 6.45) is 0.861. The summed E-state index contributed by atoms with van der Waals surface area (Å²) < 4.78 is 0. The molecule has 1 aromatic rings. The normalized spacial score (nSPS) is 10.5.